The van der Waals surface area contributed by atoms with E-state index in [4.69, 9.17) is 0 Å². The van der Waals surface area contributed by atoms with E-state index < -0.39 is 0 Å². The number of hydrogen-bond acceptors (Lipinski definition) is 4. The third-order valence-corrected chi connectivity index (χ3v) is 5.51. The van der Waals surface area contributed by atoms with Crippen LogP contribution in [0.15, 0.2) is 17.5 Å². The Kier molecular flexibility index (Phi) is 4.49. The van der Waals surface area contributed by atoms with Gasteiger partial charge >= 0.3 is 0 Å². The standard InChI is InChI=1S/C16H23N3O2S/c1-17(2)7-8-19-13-5-6-18(14(13)11-16(19)21)15(20)10-12-4-3-9-22-12/h3-4,9,13-14H,5-8,10-11H2,1-2H3/t13-,14+/m0/s1. The molecule has 0 aliphatic carbocycles. The molecule has 3 heterocycles. The normalized spacial score (nSPS) is 24.4. The second kappa shape index (κ2) is 6.38. The molecule has 5 nitrogen and oxygen atoms in total. The zero-order valence-corrected chi connectivity index (χ0v) is 14.0. The van der Waals surface area contributed by atoms with E-state index in [2.05, 4.69) is 4.90 Å². The van der Waals surface area contributed by atoms with Crippen molar-refractivity contribution in [3.05, 3.63) is 22.4 Å². The van der Waals surface area contributed by atoms with Crippen molar-refractivity contribution in [2.45, 2.75) is 31.3 Å². The molecule has 2 saturated heterocycles. The maximum atomic E-state index is 12.5. The van der Waals surface area contributed by atoms with Gasteiger partial charge in [-0.15, -0.1) is 11.3 Å². The van der Waals surface area contributed by atoms with E-state index in [1.807, 2.05) is 41.4 Å². The van der Waals surface area contributed by atoms with Crippen molar-refractivity contribution >= 4 is 23.2 Å². The van der Waals surface area contributed by atoms with E-state index in [9.17, 15) is 9.59 Å². The van der Waals surface area contributed by atoms with Gasteiger partial charge in [0.1, 0.15) is 0 Å². The summed E-state index contributed by atoms with van der Waals surface area (Å²) in [6.45, 7) is 2.42. The summed E-state index contributed by atoms with van der Waals surface area (Å²) in [6.07, 6.45) is 1.88. The maximum absolute atomic E-state index is 12.5. The van der Waals surface area contributed by atoms with Gasteiger partial charge in [0.2, 0.25) is 11.8 Å². The molecule has 3 rings (SSSR count). The molecule has 1 aromatic rings. The van der Waals surface area contributed by atoms with Crippen LogP contribution in [-0.4, -0.2) is 72.3 Å². The highest BCUT2D eigenvalue weighted by Gasteiger charge is 2.47. The number of rotatable bonds is 5. The average Bonchev–Trinajstić information content (AvgIpc) is 3.13. The molecule has 0 N–H and O–H groups in total. The van der Waals surface area contributed by atoms with E-state index in [1.165, 1.54) is 0 Å². The Morgan fingerprint density at radius 1 is 1.41 bits per heavy atom. The Bertz CT molecular complexity index is 544. The zero-order valence-electron chi connectivity index (χ0n) is 13.2. The molecule has 0 saturated carbocycles. The van der Waals surface area contributed by atoms with Crippen LogP contribution in [0.2, 0.25) is 0 Å². The topological polar surface area (TPSA) is 43.9 Å². The number of hydrogen-bond donors (Lipinski definition) is 0. The fourth-order valence-corrected chi connectivity index (χ4v) is 4.20. The number of likely N-dealkylation sites (N-methyl/N-ethyl adjacent to an activating group) is 1. The molecule has 2 amide bonds. The van der Waals surface area contributed by atoms with Gasteiger partial charge in [0.05, 0.1) is 18.5 Å². The maximum Gasteiger partial charge on any atom is 0.228 e. The van der Waals surface area contributed by atoms with Crippen molar-refractivity contribution < 1.29 is 9.59 Å². The molecule has 6 heteroatoms. The van der Waals surface area contributed by atoms with Gasteiger partial charge in [-0.2, -0.15) is 0 Å². The molecule has 1 aromatic heterocycles. The third-order valence-electron chi connectivity index (χ3n) is 4.63. The van der Waals surface area contributed by atoms with Crippen molar-refractivity contribution in [1.29, 1.82) is 0 Å². The molecular formula is C16H23N3O2S. The van der Waals surface area contributed by atoms with Gasteiger partial charge in [-0.1, -0.05) is 6.07 Å². The summed E-state index contributed by atoms with van der Waals surface area (Å²) in [5.74, 6) is 0.364. The molecule has 120 valence electrons. The number of amides is 2. The number of likely N-dealkylation sites (tertiary alicyclic amines) is 2. The number of nitrogens with zero attached hydrogens (tertiary/aromatic N) is 3. The van der Waals surface area contributed by atoms with Crippen LogP contribution in [0.3, 0.4) is 0 Å². The molecule has 0 spiro atoms. The second-order valence-corrected chi connectivity index (χ2v) is 7.39. The lowest BCUT2D eigenvalue weighted by Gasteiger charge is -2.26. The summed E-state index contributed by atoms with van der Waals surface area (Å²) in [5.41, 5.74) is 0. The molecule has 0 aromatic carbocycles. The first-order valence-corrected chi connectivity index (χ1v) is 8.70. The van der Waals surface area contributed by atoms with Gasteiger partial charge in [-0.3, -0.25) is 9.59 Å². The van der Waals surface area contributed by atoms with Crippen LogP contribution < -0.4 is 0 Å². The predicted molar refractivity (Wildman–Crippen MR) is 86.8 cm³/mol. The number of carbonyl (C=O) groups is 2. The quantitative estimate of drug-likeness (QED) is 0.814. The molecule has 2 atom stereocenters. The summed E-state index contributed by atoms with van der Waals surface area (Å²) < 4.78 is 0. The van der Waals surface area contributed by atoms with Crippen LogP contribution in [0.25, 0.3) is 0 Å². The Balaban J connectivity index is 1.63. The molecule has 2 fully saturated rings. The molecule has 0 bridgehead atoms. The van der Waals surface area contributed by atoms with Crippen LogP contribution in [0.4, 0.5) is 0 Å². The summed E-state index contributed by atoms with van der Waals surface area (Å²) in [4.78, 5) is 31.9. The van der Waals surface area contributed by atoms with Crippen molar-refractivity contribution in [2.75, 3.05) is 33.7 Å². The minimum Gasteiger partial charge on any atom is -0.337 e. The number of fused-ring (bicyclic) bond motifs is 1. The number of thiophene rings is 1. The highest BCUT2D eigenvalue weighted by atomic mass is 32.1. The largest absolute Gasteiger partial charge is 0.337 e. The third kappa shape index (κ3) is 3.03. The smallest absolute Gasteiger partial charge is 0.228 e. The van der Waals surface area contributed by atoms with Crippen molar-refractivity contribution in [2.24, 2.45) is 0 Å². The van der Waals surface area contributed by atoms with Crippen molar-refractivity contribution in [3.8, 4) is 0 Å². The van der Waals surface area contributed by atoms with Gasteiger partial charge < -0.3 is 14.7 Å². The fourth-order valence-electron chi connectivity index (χ4n) is 3.50. The van der Waals surface area contributed by atoms with E-state index in [0.29, 0.717) is 12.8 Å². The predicted octanol–water partition coefficient (Wildman–Crippen LogP) is 1.05. The molecule has 2 aliphatic rings. The van der Waals surface area contributed by atoms with E-state index >= 15 is 0 Å². The van der Waals surface area contributed by atoms with Gasteiger partial charge in [0.15, 0.2) is 0 Å². The van der Waals surface area contributed by atoms with Gasteiger partial charge in [0, 0.05) is 30.9 Å². The van der Waals surface area contributed by atoms with Gasteiger partial charge in [-0.05, 0) is 32.0 Å². The first-order chi connectivity index (χ1) is 10.6. The molecule has 2 aliphatic heterocycles. The lowest BCUT2D eigenvalue weighted by atomic mass is 10.1. The van der Waals surface area contributed by atoms with Crippen LogP contribution in [0.5, 0.6) is 0 Å². The molecule has 0 radical (unpaired) electrons. The monoisotopic (exact) mass is 321 g/mol. The first kappa shape index (κ1) is 15.5. The molecule has 0 unspecified atom stereocenters. The minimum atomic E-state index is 0.0853. The van der Waals surface area contributed by atoms with Crippen LogP contribution >= 0.6 is 11.3 Å². The summed E-state index contributed by atoms with van der Waals surface area (Å²) in [6, 6.07) is 4.28. The van der Waals surface area contributed by atoms with Crippen LogP contribution in [-0.2, 0) is 16.0 Å². The Hall–Kier alpha value is -1.40. The van der Waals surface area contributed by atoms with Crippen molar-refractivity contribution in [3.63, 3.8) is 0 Å². The highest BCUT2D eigenvalue weighted by molar-refractivity contribution is 7.10. The Labute approximate surface area is 135 Å². The van der Waals surface area contributed by atoms with Gasteiger partial charge in [0.25, 0.3) is 0 Å². The summed E-state index contributed by atoms with van der Waals surface area (Å²) in [7, 11) is 4.03. The van der Waals surface area contributed by atoms with Crippen molar-refractivity contribution in [1.82, 2.24) is 14.7 Å². The summed E-state index contributed by atoms with van der Waals surface area (Å²) in [5, 5.41) is 2.00. The SMILES string of the molecule is CN(C)CCN1C(=O)C[C@@H]2[C@@H]1CCN2C(=O)Cc1cccs1. The Morgan fingerprint density at radius 2 is 2.23 bits per heavy atom. The van der Waals surface area contributed by atoms with Crippen LogP contribution in [0, 0.1) is 0 Å². The minimum absolute atomic E-state index is 0.0853. The lowest BCUT2D eigenvalue weighted by Crippen LogP contribution is -2.42. The van der Waals surface area contributed by atoms with Crippen LogP contribution in [0.1, 0.15) is 17.7 Å². The molecule has 22 heavy (non-hydrogen) atoms. The zero-order chi connectivity index (χ0) is 15.7. The summed E-state index contributed by atoms with van der Waals surface area (Å²) >= 11 is 1.62. The first-order valence-electron chi connectivity index (χ1n) is 7.82. The van der Waals surface area contributed by atoms with E-state index in [-0.39, 0.29) is 23.9 Å². The van der Waals surface area contributed by atoms with E-state index in [1.54, 1.807) is 11.3 Å². The average molecular weight is 321 g/mol. The van der Waals surface area contributed by atoms with E-state index in [0.717, 1.165) is 30.9 Å². The van der Waals surface area contributed by atoms with Gasteiger partial charge in [-0.25, -0.2) is 0 Å². The second-order valence-electron chi connectivity index (χ2n) is 6.36. The number of carbonyl (C=O) groups excluding carboxylic acids is 2. The highest BCUT2D eigenvalue weighted by Crippen LogP contribution is 2.32. The lowest BCUT2D eigenvalue weighted by molar-refractivity contribution is -0.131. The fraction of sp³-hybridized carbons (Fsp3) is 0.625. The molecular weight excluding hydrogens is 298 g/mol. The Morgan fingerprint density at radius 3 is 2.91 bits per heavy atom.